The Kier molecular flexibility index (Phi) is 53.5. The molecule has 1 N–H and O–H groups in total. The van der Waals surface area contributed by atoms with Gasteiger partial charge in [-0.05, 0) is 51.0 Å². The number of amides is 1. The van der Waals surface area contributed by atoms with E-state index in [1.54, 1.807) is 0 Å². The molecule has 0 aromatic heterocycles. The summed E-state index contributed by atoms with van der Waals surface area (Å²) in [6.07, 6.45) is 72.7. The van der Waals surface area contributed by atoms with Crippen LogP contribution in [-0.2, 0) is 27.9 Å². The Morgan fingerprint density at radius 3 is 1.28 bits per heavy atom. The third-order valence-electron chi connectivity index (χ3n) is 13.8. The zero-order valence-corrected chi connectivity index (χ0v) is 51.1. The zero-order valence-electron chi connectivity index (χ0n) is 50.2. The van der Waals surface area contributed by atoms with Crippen LogP contribution in [0.5, 0.6) is 0 Å². The van der Waals surface area contributed by atoms with Crippen LogP contribution >= 0.6 is 7.82 Å². The van der Waals surface area contributed by atoms with E-state index in [2.05, 4.69) is 38.2 Å². The van der Waals surface area contributed by atoms with Gasteiger partial charge >= 0.3 is 5.97 Å². The molecule has 0 saturated heterocycles. The lowest BCUT2D eigenvalue weighted by Crippen LogP contribution is -2.47. The number of ether oxygens (including phenoxy) is 1. The number of carbonyl (C=O) groups excluding carboxylic acids is 2. The molecule has 0 bridgehead atoms. The van der Waals surface area contributed by atoms with Crippen LogP contribution in [0.1, 0.15) is 271 Å². The average Bonchev–Trinajstić information content (AvgIpc) is 3.38. The number of hydrogen-bond donors (Lipinski definition) is 1. The summed E-state index contributed by atoms with van der Waals surface area (Å²) >= 11 is 0. The van der Waals surface area contributed by atoms with Crippen molar-refractivity contribution in [1.29, 1.82) is 0 Å². The Morgan fingerprint density at radius 1 is 0.474 bits per heavy atom. The van der Waals surface area contributed by atoms with Gasteiger partial charge in [0, 0.05) is 12.8 Å². The molecule has 3 unspecified atom stereocenters. The maximum Gasteiger partial charge on any atom is 0.306 e. The first-order valence-corrected chi connectivity index (χ1v) is 32.9. The summed E-state index contributed by atoms with van der Waals surface area (Å²) in [5.41, 5.74) is 0. The van der Waals surface area contributed by atoms with Crippen molar-refractivity contribution in [2.24, 2.45) is 0 Å². The van der Waals surface area contributed by atoms with Gasteiger partial charge in [-0.25, -0.2) is 0 Å². The number of phosphoric acid groups is 1. The second-order valence-corrected chi connectivity index (χ2v) is 23.8. The molecule has 0 rings (SSSR count). The van der Waals surface area contributed by atoms with Crippen molar-refractivity contribution in [3.63, 3.8) is 0 Å². The molecule has 0 heterocycles. The predicted molar refractivity (Wildman–Crippen MR) is 325 cm³/mol. The van der Waals surface area contributed by atoms with Crippen molar-refractivity contribution in [3.05, 3.63) is 85.1 Å². The smallest absolute Gasteiger partial charge is 0.306 e. The van der Waals surface area contributed by atoms with Crippen molar-refractivity contribution in [2.75, 3.05) is 40.9 Å². The highest BCUT2D eigenvalue weighted by Gasteiger charge is 2.27. The normalized spacial score (nSPS) is 14.2. The van der Waals surface area contributed by atoms with E-state index < -0.39 is 26.6 Å². The molecular formula is C66H119N2O7P. The summed E-state index contributed by atoms with van der Waals surface area (Å²) in [7, 11) is 1.15. The minimum atomic E-state index is -4.71. The quantitative estimate of drug-likeness (QED) is 0.0161. The highest BCUT2D eigenvalue weighted by molar-refractivity contribution is 7.45. The Hall–Kier alpha value is -2.81. The Labute approximate surface area is 469 Å². The second-order valence-electron chi connectivity index (χ2n) is 22.3. The fourth-order valence-electron chi connectivity index (χ4n) is 8.91. The summed E-state index contributed by atoms with van der Waals surface area (Å²) in [4.78, 5) is 40.0. The van der Waals surface area contributed by atoms with Crippen LogP contribution in [0.2, 0.25) is 0 Å². The van der Waals surface area contributed by atoms with Crippen molar-refractivity contribution < 1.29 is 37.3 Å². The van der Waals surface area contributed by atoms with E-state index in [1.165, 1.54) is 167 Å². The molecule has 10 heteroatoms. The van der Waals surface area contributed by atoms with Gasteiger partial charge in [-0.1, -0.05) is 292 Å². The molecule has 0 radical (unpaired) electrons. The molecule has 3 atom stereocenters. The highest BCUT2D eigenvalue weighted by Crippen LogP contribution is 2.38. The number of esters is 1. The van der Waals surface area contributed by atoms with E-state index >= 15 is 0 Å². The molecule has 0 spiro atoms. The Balaban J connectivity index is 5.28. The van der Waals surface area contributed by atoms with Gasteiger partial charge in [-0.2, -0.15) is 0 Å². The number of phosphoric ester groups is 1. The van der Waals surface area contributed by atoms with Gasteiger partial charge in [0.1, 0.15) is 19.3 Å². The predicted octanol–water partition coefficient (Wildman–Crippen LogP) is 18.8. The molecule has 0 fully saturated rings. The van der Waals surface area contributed by atoms with Gasteiger partial charge in [0.2, 0.25) is 5.91 Å². The largest absolute Gasteiger partial charge is 0.756 e. The first-order valence-electron chi connectivity index (χ1n) is 31.5. The molecule has 0 saturated carbocycles. The lowest BCUT2D eigenvalue weighted by Gasteiger charge is -2.30. The Bertz CT molecular complexity index is 1580. The summed E-state index contributed by atoms with van der Waals surface area (Å²) < 4.78 is 30.3. The number of nitrogens with zero attached hydrogens (tertiary/aromatic N) is 1. The fraction of sp³-hybridized carbons (Fsp3) is 0.758. The van der Waals surface area contributed by atoms with Crippen LogP contribution < -0.4 is 10.2 Å². The number of carbonyl (C=O) groups is 2. The standard InChI is InChI=1S/C66H119N2O7P/c1-7-10-13-16-19-22-25-28-30-32-33-34-35-37-39-41-44-47-50-53-56-59-66(70)75-64(57-54-51-48-45-42-27-24-21-18-15-12-9-3)63(62-74-76(71,72)73-61-60-68(4,5)6)67-65(69)58-55-52-49-46-43-40-38-36-31-29-26-23-20-17-14-11-8-2/h11,14,17,20,23,26,29,31,36,38,40,43,54,57,63-64H,7-10,12-13,15-16,18-19,21-22,24-25,27-28,30,32-35,37,39,41-42,44-53,55-56,58-62H2,1-6H3,(H-,67,69,71,72)/b14-11-,20-17+,26-23+,31-29-,38-36+,43-40+,57-54+. The van der Waals surface area contributed by atoms with Crippen LogP contribution in [0, 0.1) is 0 Å². The number of allylic oxidation sites excluding steroid dienone is 13. The van der Waals surface area contributed by atoms with Crippen molar-refractivity contribution in [1.82, 2.24) is 5.32 Å². The average molecular weight is 1080 g/mol. The molecule has 0 aliphatic rings. The first-order chi connectivity index (χ1) is 36.9. The molecule has 0 aliphatic heterocycles. The summed E-state index contributed by atoms with van der Waals surface area (Å²) in [6, 6.07) is -0.914. The van der Waals surface area contributed by atoms with Gasteiger partial charge in [0.05, 0.1) is 33.8 Å². The third kappa shape index (κ3) is 55.9. The molecule has 1 amide bonds. The van der Waals surface area contributed by atoms with Crippen molar-refractivity contribution in [2.45, 2.75) is 283 Å². The number of quaternary nitrogens is 1. The van der Waals surface area contributed by atoms with Crippen molar-refractivity contribution in [3.8, 4) is 0 Å². The van der Waals surface area contributed by atoms with Gasteiger partial charge in [0.15, 0.2) is 0 Å². The topological polar surface area (TPSA) is 114 Å². The maximum atomic E-state index is 13.5. The third-order valence-corrected chi connectivity index (χ3v) is 14.7. The number of rotatable bonds is 56. The van der Waals surface area contributed by atoms with Crippen LogP contribution in [-0.4, -0.2) is 69.4 Å². The van der Waals surface area contributed by atoms with Crippen LogP contribution in [0.4, 0.5) is 0 Å². The van der Waals surface area contributed by atoms with Gasteiger partial charge in [-0.15, -0.1) is 0 Å². The van der Waals surface area contributed by atoms with E-state index in [0.29, 0.717) is 17.4 Å². The lowest BCUT2D eigenvalue weighted by atomic mass is 10.0. The molecular weight excluding hydrogens is 964 g/mol. The maximum absolute atomic E-state index is 13.5. The lowest BCUT2D eigenvalue weighted by molar-refractivity contribution is -0.870. The zero-order chi connectivity index (χ0) is 55.7. The summed E-state index contributed by atoms with van der Waals surface area (Å²) in [6.45, 7) is 6.67. The van der Waals surface area contributed by atoms with Crippen LogP contribution in [0.15, 0.2) is 85.1 Å². The number of nitrogens with one attached hydrogen (secondary N) is 1. The number of likely N-dealkylation sites (N-methyl/N-ethyl adjacent to an activating group) is 1. The van der Waals surface area contributed by atoms with E-state index in [0.717, 1.165) is 64.2 Å². The summed E-state index contributed by atoms with van der Waals surface area (Å²) in [5.74, 6) is -0.588. The first kappa shape index (κ1) is 73.2. The van der Waals surface area contributed by atoms with E-state index in [9.17, 15) is 19.0 Å². The van der Waals surface area contributed by atoms with E-state index in [1.807, 2.05) is 94.1 Å². The molecule has 0 aromatic rings. The van der Waals surface area contributed by atoms with E-state index in [-0.39, 0.29) is 31.3 Å². The fourth-order valence-corrected chi connectivity index (χ4v) is 9.63. The van der Waals surface area contributed by atoms with Gasteiger partial charge in [-0.3, -0.25) is 14.2 Å². The molecule has 76 heavy (non-hydrogen) atoms. The number of unbranched alkanes of at least 4 members (excludes halogenated alkanes) is 33. The monoisotopic (exact) mass is 1080 g/mol. The van der Waals surface area contributed by atoms with Gasteiger partial charge < -0.3 is 28.5 Å². The molecule has 0 aliphatic carbocycles. The van der Waals surface area contributed by atoms with Crippen LogP contribution in [0.25, 0.3) is 0 Å². The minimum Gasteiger partial charge on any atom is -0.756 e. The van der Waals surface area contributed by atoms with E-state index in [4.69, 9.17) is 13.8 Å². The minimum absolute atomic E-state index is 0.0340. The summed E-state index contributed by atoms with van der Waals surface area (Å²) in [5, 5.41) is 3.00. The molecule has 0 aromatic carbocycles. The SMILES string of the molecule is CC\C=C/C=C/C=C/C=C\C=C\C=C\CCCCCC(=O)NC(COP(=O)([O-])OCC[N+](C)(C)C)C(/C=C/CCCCCCCCCCCC)OC(=O)CCCCCCCCCCCCCCCCCCCCCCC. The Morgan fingerprint density at radius 2 is 0.842 bits per heavy atom. The molecule has 440 valence electrons. The molecule has 9 nitrogen and oxygen atoms in total. The highest BCUT2D eigenvalue weighted by atomic mass is 31.2. The van der Waals surface area contributed by atoms with Crippen molar-refractivity contribution >= 4 is 19.7 Å². The van der Waals surface area contributed by atoms with Crippen LogP contribution in [0.3, 0.4) is 0 Å². The second kappa shape index (κ2) is 55.5. The van der Waals surface area contributed by atoms with Gasteiger partial charge in [0.25, 0.3) is 7.82 Å². The number of hydrogen-bond acceptors (Lipinski definition) is 7.